The molecule has 1 aromatic carbocycles. The van der Waals surface area contributed by atoms with E-state index in [1.165, 1.54) is 0 Å². The average Bonchev–Trinajstić information content (AvgIpc) is 2.86. The first-order chi connectivity index (χ1) is 9.47. The largest absolute Gasteiger partial charge is 0.460 e. The molecule has 108 valence electrons. The number of benzene rings is 1. The molecule has 6 heteroatoms. The predicted molar refractivity (Wildman–Crippen MR) is 75.3 cm³/mol. The number of halogens is 1. The molecule has 0 amide bonds. The van der Waals surface area contributed by atoms with Crippen LogP contribution in [0, 0.1) is 0 Å². The van der Waals surface area contributed by atoms with Gasteiger partial charge in [-0.25, -0.2) is 4.79 Å². The van der Waals surface area contributed by atoms with Crippen LogP contribution in [0.5, 0.6) is 11.5 Å². The highest BCUT2D eigenvalue weighted by Crippen LogP contribution is 2.45. The average molecular weight is 343 g/mol. The lowest BCUT2D eigenvalue weighted by Crippen LogP contribution is -2.19. The van der Waals surface area contributed by atoms with Crippen LogP contribution in [0.1, 0.15) is 42.6 Å². The van der Waals surface area contributed by atoms with Gasteiger partial charge in [0.15, 0.2) is 11.5 Å². The Bertz CT molecular complexity index is 565. The van der Waals surface area contributed by atoms with Crippen LogP contribution in [-0.2, 0) is 9.53 Å². The van der Waals surface area contributed by atoms with Gasteiger partial charge in [-0.15, -0.1) is 0 Å². The number of esters is 1. The lowest BCUT2D eigenvalue weighted by Gasteiger charge is -2.15. The number of ether oxygens (including phenoxy) is 3. The maximum atomic E-state index is 12.2. The molecule has 1 aromatic rings. The highest BCUT2D eigenvalue weighted by molar-refractivity contribution is 9.10. The van der Waals surface area contributed by atoms with Crippen molar-refractivity contribution >= 4 is 27.7 Å². The van der Waals surface area contributed by atoms with Crippen molar-refractivity contribution in [3.63, 3.8) is 0 Å². The van der Waals surface area contributed by atoms with E-state index in [2.05, 4.69) is 15.9 Å². The second-order valence-electron chi connectivity index (χ2n) is 4.59. The summed E-state index contributed by atoms with van der Waals surface area (Å²) in [5, 5.41) is 0. The summed E-state index contributed by atoms with van der Waals surface area (Å²) < 4.78 is 16.1. The number of rotatable bonds is 4. The summed E-state index contributed by atoms with van der Waals surface area (Å²) in [6.45, 7) is 5.79. The first-order valence-electron chi connectivity index (χ1n) is 6.30. The molecular weight excluding hydrogens is 328 g/mol. The fourth-order valence-electron chi connectivity index (χ4n) is 2.08. The van der Waals surface area contributed by atoms with Crippen LogP contribution >= 0.6 is 15.9 Å². The van der Waals surface area contributed by atoms with Crippen molar-refractivity contribution < 1.29 is 23.8 Å². The van der Waals surface area contributed by atoms with E-state index in [1.54, 1.807) is 13.0 Å². The molecule has 0 N–H and O–H groups in total. The van der Waals surface area contributed by atoms with Crippen molar-refractivity contribution in [3.8, 4) is 11.5 Å². The van der Waals surface area contributed by atoms with Crippen molar-refractivity contribution in [2.75, 3.05) is 13.4 Å². The van der Waals surface area contributed by atoms with Gasteiger partial charge >= 0.3 is 5.97 Å². The number of hydrogen-bond acceptors (Lipinski definition) is 5. The van der Waals surface area contributed by atoms with Gasteiger partial charge in [0.1, 0.15) is 0 Å². The van der Waals surface area contributed by atoms with Crippen molar-refractivity contribution in [2.45, 2.75) is 26.7 Å². The number of carbonyl (C=O) groups excluding carboxylic acids is 2. The van der Waals surface area contributed by atoms with Crippen LogP contribution in [-0.4, -0.2) is 25.2 Å². The van der Waals surface area contributed by atoms with E-state index < -0.39 is 11.8 Å². The standard InChI is InChI=1S/C14H15BrO5/c1-4-18-14(17)12(16)8-5-9-13(20-6-19-9)11(15)10(8)7(2)3/h5,7H,4,6H2,1-3H3. The number of carbonyl (C=O) groups is 2. The smallest absolute Gasteiger partial charge is 0.379 e. The monoisotopic (exact) mass is 342 g/mol. The van der Waals surface area contributed by atoms with Gasteiger partial charge in [0, 0.05) is 5.56 Å². The Morgan fingerprint density at radius 3 is 2.70 bits per heavy atom. The molecule has 0 bridgehead atoms. The molecule has 0 aliphatic carbocycles. The predicted octanol–water partition coefficient (Wildman–Crippen LogP) is 3.05. The number of fused-ring (bicyclic) bond motifs is 1. The molecule has 20 heavy (non-hydrogen) atoms. The Morgan fingerprint density at radius 1 is 1.40 bits per heavy atom. The van der Waals surface area contributed by atoms with Crippen LogP contribution in [0.3, 0.4) is 0 Å². The molecule has 1 aliphatic rings. The van der Waals surface area contributed by atoms with E-state index in [1.807, 2.05) is 13.8 Å². The van der Waals surface area contributed by atoms with Gasteiger partial charge in [0.2, 0.25) is 6.79 Å². The quantitative estimate of drug-likeness (QED) is 0.478. The molecule has 0 atom stereocenters. The van der Waals surface area contributed by atoms with Crippen molar-refractivity contribution in [1.82, 2.24) is 0 Å². The summed E-state index contributed by atoms with van der Waals surface area (Å²) in [6.07, 6.45) is 0. The molecule has 0 unspecified atom stereocenters. The maximum Gasteiger partial charge on any atom is 0.379 e. The normalized spacial score (nSPS) is 12.7. The van der Waals surface area contributed by atoms with Crippen LogP contribution in [0.25, 0.3) is 0 Å². The molecule has 5 nitrogen and oxygen atoms in total. The van der Waals surface area contributed by atoms with Gasteiger partial charge in [-0.3, -0.25) is 4.79 Å². The third-order valence-electron chi connectivity index (χ3n) is 2.93. The molecule has 1 heterocycles. The second kappa shape index (κ2) is 5.83. The van der Waals surface area contributed by atoms with Crippen molar-refractivity contribution in [3.05, 3.63) is 21.7 Å². The fraction of sp³-hybridized carbons (Fsp3) is 0.429. The fourth-order valence-corrected chi connectivity index (χ4v) is 3.06. The second-order valence-corrected chi connectivity index (χ2v) is 5.38. The number of hydrogen-bond donors (Lipinski definition) is 0. The third-order valence-corrected chi connectivity index (χ3v) is 3.71. The minimum Gasteiger partial charge on any atom is -0.460 e. The molecule has 1 aliphatic heterocycles. The molecule has 0 saturated heterocycles. The SMILES string of the molecule is CCOC(=O)C(=O)c1cc2c(c(Br)c1C(C)C)OCO2. The Balaban J connectivity index is 2.54. The van der Waals surface area contributed by atoms with E-state index in [9.17, 15) is 9.59 Å². The number of Topliss-reactive ketones (excluding diaryl/α,β-unsaturated/α-hetero) is 1. The van der Waals surface area contributed by atoms with Gasteiger partial charge in [-0.2, -0.15) is 0 Å². The van der Waals surface area contributed by atoms with Gasteiger partial charge < -0.3 is 14.2 Å². The van der Waals surface area contributed by atoms with E-state index in [0.717, 1.165) is 0 Å². The summed E-state index contributed by atoms with van der Waals surface area (Å²) in [7, 11) is 0. The molecule has 0 fully saturated rings. The first kappa shape index (κ1) is 14.8. The van der Waals surface area contributed by atoms with E-state index in [4.69, 9.17) is 14.2 Å². The lowest BCUT2D eigenvalue weighted by molar-refractivity contribution is -0.137. The minimum atomic E-state index is -0.861. The summed E-state index contributed by atoms with van der Waals surface area (Å²) in [5.74, 6) is -0.481. The van der Waals surface area contributed by atoms with Crippen LogP contribution in [0.4, 0.5) is 0 Å². The van der Waals surface area contributed by atoms with Crippen LogP contribution in [0.2, 0.25) is 0 Å². The Morgan fingerprint density at radius 2 is 2.10 bits per heavy atom. The zero-order chi connectivity index (χ0) is 14.9. The highest BCUT2D eigenvalue weighted by Gasteiger charge is 2.30. The van der Waals surface area contributed by atoms with Crippen molar-refractivity contribution in [2.24, 2.45) is 0 Å². The Labute approximate surface area is 125 Å². The van der Waals surface area contributed by atoms with Gasteiger partial charge in [-0.1, -0.05) is 13.8 Å². The maximum absolute atomic E-state index is 12.2. The van der Waals surface area contributed by atoms with Gasteiger partial charge in [0.25, 0.3) is 5.78 Å². The van der Waals surface area contributed by atoms with E-state index in [0.29, 0.717) is 21.5 Å². The lowest BCUT2D eigenvalue weighted by atomic mass is 9.94. The Hall–Kier alpha value is -1.56. The molecule has 0 radical (unpaired) electrons. The summed E-state index contributed by atoms with van der Waals surface area (Å²) in [5.41, 5.74) is 1.00. The zero-order valence-corrected chi connectivity index (χ0v) is 13.1. The minimum absolute atomic E-state index is 0.0345. The topological polar surface area (TPSA) is 61.8 Å². The molecule has 2 rings (SSSR count). The molecule has 0 saturated carbocycles. The number of ketones is 1. The Kier molecular flexibility index (Phi) is 4.32. The van der Waals surface area contributed by atoms with Crippen LogP contribution < -0.4 is 9.47 Å². The zero-order valence-electron chi connectivity index (χ0n) is 11.5. The van der Waals surface area contributed by atoms with E-state index >= 15 is 0 Å². The molecule has 0 aromatic heterocycles. The van der Waals surface area contributed by atoms with Gasteiger partial charge in [0.05, 0.1) is 11.1 Å². The first-order valence-corrected chi connectivity index (χ1v) is 7.10. The van der Waals surface area contributed by atoms with Gasteiger partial charge in [-0.05, 0) is 40.4 Å². The molecule has 0 spiro atoms. The summed E-state index contributed by atoms with van der Waals surface area (Å²) in [6, 6.07) is 1.54. The highest BCUT2D eigenvalue weighted by atomic mass is 79.9. The van der Waals surface area contributed by atoms with E-state index in [-0.39, 0.29) is 24.9 Å². The van der Waals surface area contributed by atoms with Crippen LogP contribution in [0.15, 0.2) is 10.5 Å². The third kappa shape index (κ3) is 2.52. The van der Waals surface area contributed by atoms with Crippen molar-refractivity contribution in [1.29, 1.82) is 0 Å². The molecular formula is C14H15BrO5. The summed E-state index contributed by atoms with van der Waals surface area (Å²) in [4.78, 5) is 23.9. The summed E-state index contributed by atoms with van der Waals surface area (Å²) >= 11 is 3.43.